The third-order valence-electron chi connectivity index (χ3n) is 3.19. The molecule has 1 aliphatic heterocycles. The Bertz CT molecular complexity index is 550. The van der Waals surface area contributed by atoms with E-state index >= 15 is 0 Å². The van der Waals surface area contributed by atoms with Gasteiger partial charge in [-0.2, -0.15) is 0 Å². The van der Waals surface area contributed by atoms with Crippen molar-refractivity contribution in [1.82, 2.24) is 10.3 Å². The molecule has 5 heteroatoms. The van der Waals surface area contributed by atoms with Gasteiger partial charge in [0.05, 0.1) is 30.4 Å². The predicted molar refractivity (Wildman–Crippen MR) is 79.8 cm³/mol. The number of hydrogen-bond donors (Lipinski definition) is 1. The lowest BCUT2D eigenvalue weighted by Gasteiger charge is -2.20. The molecular formula is C15H18N2O2S. The average Bonchev–Trinajstić information content (AvgIpc) is 2.94. The highest BCUT2D eigenvalue weighted by Gasteiger charge is 2.22. The average molecular weight is 290 g/mol. The summed E-state index contributed by atoms with van der Waals surface area (Å²) in [5.74, 6) is 0. The molecule has 1 fully saturated rings. The van der Waals surface area contributed by atoms with Crippen molar-refractivity contribution in [3.8, 4) is 10.4 Å². The SMILES string of the molecule is CNCc1nc(C2COCCO2)sc1-c1ccccc1. The summed E-state index contributed by atoms with van der Waals surface area (Å²) < 4.78 is 11.2. The van der Waals surface area contributed by atoms with Crippen LogP contribution in [0.15, 0.2) is 30.3 Å². The van der Waals surface area contributed by atoms with E-state index < -0.39 is 0 Å². The topological polar surface area (TPSA) is 43.4 Å². The molecule has 0 spiro atoms. The molecule has 0 radical (unpaired) electrons. The Morgan fingerprint density at radius 3 is 2.85 bits per heavy atom. The molecule has 4 nitrogen and oxygen atoms in total. The summed E-state index contributed by atoms with van der Waals surface area (Å²) in [5.41, 5.74) is 2.28. The Kier molecular flexibility index (Phi) is 4.42. The molecule has 1 aromatic carbocycles. The monoisotopic (exact) mass is 290 g/mol. The van der Waals surface area contributed by atoms with E-state index in [1.54, 1.807) is 11.3 Å². The number of benzene rings is 1. The van der Waals surface area contributed by atoms with Gasteiger partial charge in [0, 0.05) is 6.54 Å². The Labute approximate surface area is 122 Å². The second kappa shape index (κ2) is 6.45. The lowest BCUT2D eigenvalue weighted by Crippen LogP contribution is -2.21. The summed E-state index contributed by atoms with van der Waals surface area (Å²) >= 11 is 1.70. The number of hydrogen-bond acceptors (Lipinski definition) is 5. The lowest BCUT2D eigenvalue weighted by atomic mass is 10.1. The van der Waals surface area contributed by atoms with Crippen molar-refractivity contribution < 1.29 is 9.47 Å². The molecule has 2 aromatic rings. The molecule has 0 saturated carbocycles. The van der Waals surface area contributed by atoms with Crippen LogP contribution < -0.4 is 5.32 Å². The minimum Gasteiger partial charge on any atom is -0.376 e. The Morgan fingerprint density at radius 1 is 1.30 bits per heavy atom. The zero-order chi connectivity index (χ0) is 13.8. The van der Waals surface area contributed by atoms with E-state index in [1.807, 2.05) is 13.1 Å². The van der Waals surface area contributed by atoms with E-state index in [4.69, 9.17) is 14.5 Å². The molecular weight excluding hydrogens is 272 g/mol. The number of aromatic nitrogens is 1. The summed E-state index contributed by atoms with van der Waals surface area (Å²) in [6.45, 7) is 2.68. The van der Waals surface area contributed by atoms with Gasteiger partial charge in [-0.05, 0) is 12.6 Å². The maximum atomic E-state index is 5.75. The van der Waals surface area contributed by atoms with E-state index in [0.717, 1.165) is 17.2 Å². The summed E-state index contributed by atoms with van der Waals surface area (Å²) in [6, 6.07) is 10.4. The van der Waals surface area contributed by atoms with Gasteiger partial charge < -0.3 is 14.8 Å². The van der Waals surface area contributed by atoms with Crippen LogP contribution in [0.1, 0.15) is 16.8 Å². The molecule has 0 amide bonds. The van der Waals surface area contributed by atoms with Gasteiger partial charge in [-0.25, -0.2) is 4.98 Å². The molecule has 3 rings (SSSR count). The zero-order valence-corrected chi connectivity index (χ0v) is 12.3. The Balaban J connectivity index is 1.93. The molecule has 0 bridgehead atoms. The van der Waals surface area contributed by atoms with Crippen LogP contribution in [0.5, 0.6) is 0 Å². The van der Waals surface area contributed by atoms with Crippen molar-refractivity contribution in [3.05, 3.63) is 41.0 Å². The first kappa shape index (κ1) is 13.7. The van der Waals surface area contributed by atoms with Gasteiger partial charge in [-0.1, -0.05) is 30.3 Å². The van der Waals surface area contributed by atoms with Crippen LogP contribution in [-0.4, -0.2) is 31.9 Å². The second-order valence-electron chi connectivity index (χ2n) is 4.66. The summed E-state index contributed by atoms with van der Waals surface area (Å²) in [4.78, 5) is 5.96. The fourth-order valence-corrected chi connectivity index (χ4v) is 3.36. The minimum absolute atomic E-state index is 0.0261. The van der Waals surface area contributed by atoms with E-state index in [-0.39, 0.29) is 6.10 Å². The molecule has 1 saturated heterocycles. The fraction of sp³-hybridized carbons (Fsp3) is 0.400. The molecule has 1 atom stereocenters. The van der Waals surface area contributed by atoms with Crippen LogP contribution >= 0.6 is 11.3 Å². The minimum atomic E-state index is -0.0261. The van der Waals surface area contributed by atoms with E-state index in [2.05, 4.69) is 29.6 Å². The molecule has 1 unspecified atom stereocenters. The van der Waals surface area contributed by atoms with Crippen molar-refractivity contribution in [2.75, 3.05) is 26.9 Å². The largest absolute Gasteiger partial charge is 0.376 e. The molecule has 1 N–H and O–H groups in total. The Morgan fingerprint density at radius 2 is 2.15 bits per heavy atom. The van der Waals surface area contributed by atoms with Gasteiger partial charge >= 0.3 is 0 Å². The summed E-state index contributed by atoms with van der Waals surface area (Å²) in [7, 11) is 1.94. The molecule has 20 heavy (non-hydrogen) atoms. The standard InChI is InChI=1S/C15H18N2O2S/c1-16-9-12-14(11-5-3-2-4-6-11)20-15(17-12)13-10-18-7-8-19-13/h2-6,13,16H,7-10H2,1H3. The van der Waals surface area contributed by atoms with Gasteiger partial charge in [0.2, 0.25) is 0 Å². The number of nitrogens with one attached hydrogen (secondary N) is 1. The third kappa shape index (κ3) is 2.91. The number of rotatable bonds is 4. The van der Waals surface area contributed by atoms with Crippen molar-refractivity contribution in [2.45, 2.75) is 12.6 Å². The fourth-order valence-electron chi connectivity index (χ4n) is 2.24. The van der Waals surface area contributed by atoms with E-state index in [0.29, 0.717) is 19.8 Å². The Hall–Kier alpha value is -1.27. The summed E-state index contributed by atoms with van der Waals surface area (Å²) in [6.07, 6.45) is -0.0261. The highest BCUT2D eigenvalue weighted by atomic mass is 32.1. The smallest absolute Gasteiger partial charge is 0.132 e. The first-order chi connectivity index (χ1) is 9.88. The first-order valence-corrected chi connectivity index (χ1v) is 7.59. The van der Waals surface area contributed by atoms with Crippen LogP contribution in [0.2, 0.25) is 0 Å². The molecule has 1 aliphatic rings. The number of thiazole rings is 1. The molecule has 2 heterocycles. The maximum Gasteiger partial charge on any atom is 0.132 e. The first-order valence-electron chi connectivity index (χ1n) is 6.77. The quantitative estimate of drug-likeness (QED) is 0.940. The molecule has 106 valence electrons. The highest BCUT2D eigenvalue weighted by Crippen LogP contribution is 2.34. The number of nitrogens with zero attached hydrogens (tertiary/aromatic N) is 1. The lowest BCUT2D eigenvalue weighted by molar-refractivity contribution is -0.0902. The van der Waals surface area contributed by atoms with Crippen LogP contribution in [0.25, 0.3) is 10.4 Å². The summed E-state index contributed by atoms with van der Waals surface area (Å²) in [5, 5.41) is 4.19. The van der Waals surface area contributed by atoms with Crippen molar-refractivity contribution in [1.29, 1.82) is 0 Å². The van der Waals surface area contributed by atoms with Crippen LogP contribution in [-0.2, 0) is 16.0 Å². The maximum absolute atomic E-state index is 5.75. The van der Waals surface area contributed by atoms with Crippen LogP contribution in [0, 0.1) is 0 Å². The van der Waals surface area contributed by atoms with Crippen LogP contribution in [0.3, 0.4) is 0 Å². The van der Waals surface area contributed by atoms with Gasteiger partial charge in [0.15, 0.2) is 0 Å². The van der Waals surface area contributed by atoms with Gasteiger partial charge in [0.1, 0.15) is 11.1 Å². The van der Waals surface area contributed by atoms with Gasteiger partial charge in [-0.3, -0.25) is 0 Å². The van der Waals surface area contributed by atoms with Crippen molar-refractivity contribution in [2.24, 2.45) is 0 Å². The van der Waals surface area contributed by atoms with Crippen molar-refractivity contribution >= 4 is 11.3 Å². The van der Waals surface area contributed by atoms with E-state index in [1.165, 1.54) is 10.4 Å². The zero-order valence-electron chi connectivity index (χ0n) is 11.5. The highest BCUT2D eigenvalue weighted by molar-refractivity contribution is 7.15. The van der Waals surface area contributed by atoms with E-state index in [9.17, 15) is 0 Å². The predicted octanol–water partition coefficient (Wildman–Crippen LogP) is 2.62. The van der Waals surface area contributed by atoms with Gasteiger partial charge in [0.25, 0.3) is 0 Å². The third-order valence-corrected chi connectivity index (χ3v) is 4.42. The second-order valence-corrected chi connectivity index (χ2v) is 5.69. The van der Waals surface area contributed by atoms with Crippen molar-refractivity contribution in [3.63, 3.8) is 0 Å². The molecule has 1 aromatic heterocycles. The van der Waals surface area contributed by atoms with Crippen LogP contribution in [0.4, 0.5) is 0 Å². The normalized spacial score (nSPS) is 19.1. The number of ether oxygens (including phenoxy) is 2. The molecule has 0 aliphatic carbocycles. The van der Waals surface area contributed by atoms with Gasteiger partial charge in [-0.15, -0.1) is 11.3 Å².